The van der Waals surface area contributed by atoms with Crippen LogP contribution in [-0.2, 0) is 9.53 Å². The van der Waals surface area contributed by atoms with E-state index in [4.69, 9.17) is 9.47 Å². The number of aliphatic hydroxyl groups is 1. The summed E-state index contributed by atoms with van der Waals surface area (Å²) in [6.07, 6.45) is -4.50. The summed E-state index contributed by atoms with van der Waals surface area (Å²) in [6, 6.07) is 2.08. The van der Waals surface area contributed by atoms with E-state index >= 15 is 0 Å². The molecular weight excluding hydrogens is 274 g/mol. The third-order valence-corrected chi connectivity index (χ3v) is 2.59. The highest BCUT2D eigenvalue weighted by Gasteiger charge is 2.27. The number of halogens is 2. The lowest BCUT2D eigenvalue weighted by Gasteiger charge is -2.18. The Labute approximate surface area is 115 Å². The van der Waals surface area contributed by atoms with Crippen molar-refractivity contribution < 1.29 is 32.9 Å². The predicted octanol–water partition coefficient (Wildman–Crippen LogP) is 2.24. The summed E-state index contributed by atoms with van der Waals surface area (Å²) < 4.78 is 40.2. The first-order chi connectivity index (χ1) is 9.46. The normalized spacial score (nSPS) is 12.2. The van der Waals surface area contributed by atoms with Crippen LogP contribution in [0.1, 0.15) is 30.6 Å². The van der Waals surface area contributed by atoms with Gasteiger partial charge in [0.15, 0.2) is 17.6 Å². The number of rotatable bonds is 6. The van der Waals surface area contributed by atoms with Crippen molar-refractivity contribution in [2.75, 3.05) is 20.8 Å². The Balaban J connectivity index is 3.34. The molecule has 0 radical (unpaired) electrons. The Morgan fingerprint density at radius 1 is 1.30 bits per heavy atom. The molecule has 7 heteroatoms. The third-order valence-electron chi connectivity index (χ3n) is 2.59. The van der Waals surface area contributed by atoms with Gasteiger partial charge >= 0.3 is 5.97 Å². The molecule has 112 valence electrons. The molecule has 1 rings (SSSR count). The van der Waals surface area contributed by atoms with E-state index in [0.29, 0.717) is 0 Å². The maximum Gasteiger partial charge on any atom is 0.339 e. The van der Waals surface area contributed by atoms with Gasteiger partial charge in [-0.15, -0.1) is 0 Å². The summed E-state index contributed by atoms with van der Waals surface area (Å²) in [5.74, 6) is -0.930. The van der Waals surface area contributed by atoms with E-state index in [1.54, 1.807) is 6.92 Å². The van der Waals surface area contributed by atoms with Crippen LogP contribution in [0.25, 0.3) is 0 Å². The Morgan fingerprint density at radius 3 is 2.40 bits per heavy atom. The van der Waals surface area contributed by atoms with Crippen LogP contribution in [0.4, 0.5) is 8.78 Å². The molecular formula is C13H16F2O5. The number of methoxy groups -OCH3 is 2. The average Bonchev–Trinajstić information content (AvgIpc) is 2.44. The number of carbonyl (C=O) groups excluding carboxylic acids is 1. The molecule has 1 atom stereocenters. The maximum atomic E-state index is 12.8. The van der Waals surface area contributed by atoms with Crippen LogP contribution in [0.5, 0.6) is 11.5 Å². The lowest BCUT2D eigenvalue weighted by molar-refractivity contribution is -0.153. The molecule has 1 aromatic carbocycles. The molecule has 1 unspecified atom stereocenters. The second kappa shape index (κ2) is 7.04. The van der Waals surface area contributed by atoms with E-state index in [-0.39, 0.29) is 29.2 Å². The Hall–Kier alpha value is -1.89. The fraction of sp³-hybridized carbons (Fsp3) is 0.462. The Kier molecular flexibility index (Phi) is 5.69. The number of esters is 1. The number of hydrogen-bond donors (Lipinski definition) is 1. The fourth-order valence-electron chi connectivity index (χ4n) is 1.69. The van der Waals surface area contributed by atoms with Crippen LogP contribution >= 0.6 is 0 Å². The summed E-state index contributed by atoms with van der Waals surface area (Å²) in [5, 5.41) is 9.90. The largest absolute Gasteiger partial charge is 0.493 e. The van der Waals surface area contributed by atoms with Crippen LogP contribution < -0.4 is 9.47 Å². The summed E-state index contributed by atoms with van der Waals surface area (Å²) in [4.78, 5) is 11.5. The summed E-state index contributed by atoms with van der Waals surface area (Å²) >= 11 is 0. The highest BCUT2D eigenvalue weighted by Crippen LogP contribution is 2.39. The molecule has 0 aromatic heterocycles. The standard InChI is InChI=1S/C13H16F2O5/c1-4-20-13(17)10(16)8-5-7(12(14)15)6-9(18-2)11(8)19-3/h5-6,10,12,16H,4H2,1-3H3. The van der Waals surface area contributed by atoms with Crippen molar-refractivity contribution in [2.24, 2.45) is 0 Å². The Morgan fingerprint density at radius 2 is 1.95 bits per heavy atom. The van der Waals surface area contributed by atoms with Gasteiger partial charge in [0.25, 0.3) is 6.43 Å². The molecule has 0 saturated carbocycles. The number of aliphatic hydroxyl groups excluding tert-OH is 1. The van der Waals surface area contributed by atoms with Gasteiger partial charge in [-0.25, -0.2) is 13.6 Å². The molecule has 20 heavy (non-hydrogen) atoms. The molecule has 0 aliphatic heterocycles. The SMILES string of the molecule is CCOC(=O)C(O)c1cc(C(F)F)cc(OC)c1OC. The Bertz CT molecular complexity index is 476. The first-order valence-electron chi connectivity index (χ1n) is 5.84. The zero-order valence-corrected chi connectivity index (χ0v) is 11.4. The number of hydrogen-bond acceptors (Lipinski definition) is 5. The third kappa shape index (κ3) is 3.36. The van der Waals surface area contributed by atoms with E-state index in [1.165, 1.54) is 14.2 Å². The van der Waals surface area contributed by atoms with Crippen LogP contribution in [0.15, 0.2) is 12.1 Å². The van der Waals surface area contributed by atoms with Crippen molar-refractivity contribution in [2.45, 2.75) is 19.5 Å². The van der Waals surface area contributed by atoms with E-state index in [9.17, 15) is 18.7 Å². The van der Waals surface area contributed by atoms with Crippen LogP contribution in [0.2, 0.25) is 0 Å². The summed E-state index contributed by atoms with van der Waals surface area (Å²) in [7, 11) is 2.55. The topological polar surface area (TPSA) is 65.0 Å². The van der Waals surface area contributed by atoms with Gasteiger partial charge in [0.2, 0.25) is 0 Å². The summed E-state index contributed by atoms with van der Waals surface area (Å²) in [5.41, 5.74) is -0.512. The van der Waals surface area contributed by atoms with Gasteiger partial charge in [-0.3, -0.25) is 0 Å². The molecule has 0 saturated heterocycles. The van der Waals surface area contributed by atoms with Crippen molar-refractivity contribution in [3.8, 4) is 11.5 Å². The predicted molar refractivity (Wildman–Crippen MR) is 66.1 cm³/mol. The van der Waals surface area contributed by atoms with Crippen molar-refractivity contribution in [3.05, 3.63) is 23.3 Å². The number of ether oxygens (including phenoxy) is 3. The molecule has 1 aromatic rings. The molecule has 1 N–H and O–H groups in total. The van der Waals surface area contributed by atoms with Crippen molar-refractivity contribution >= 4 is 5.97 Å². The number of benzene rings is 1. The maximum absolute atomic E-state index is 12.8. The average molecular weight is 290 g/mol. The van der Waals surface area contributed by atoms with Crippen LogP contribution in [0.3, 0.4) is 0 Å². The minimum absolute atomic E-state index is 0.00338. The lowest BCUT2D eigenvalue weighted by atomic mass is 10.0. The highest BCUT2D eigenvalue weighted by atomic mass is 19.3. The smallest absolute Gasteiger partial charge is 0.339 e. The number of alkyl halides is 2. The van der Waals surface area contributed by atoms with E-state index in [0.717, 1.165) is 12.1 Å². The van der Waals surface area contributed by atoms with E-state index < -0.39 is 18.5 Å². The minimum atomic E-state index is -2.78. The van der Waals surface area contributed by atoms with Gasteiger partial charge in [-0.1, -0.05) is 0 Å². The monoisotopic (exact) mass is 290 g/mol. The fourth-order valence-corrected chi connectivity index (χ4v) is 1.69. The van der Waals surface area contributed by atoms with Gasteiger partial charge in [0.1, 0.15) is 0 Å². The van der Waals surface area contributed by atoms with E-state index in [1.807, 2.05) is 0 Å². The highest BCUT2D eigenvalue weighted by molar-refractivity contribution is 5.78. The molecule has 0 aliphatic rings. The van der Waals surface area contributed by atoms with Crippen LogP contribution in [-0.4, -0.2) is 31.9 Å². The first kappa shape index (κ1) is 16.2. The molecule has 0 aliphatic carbocycles. The zero-order chi connectivity index (χ0) is 15.3. The second-order valence-electron chi connectivity index (χ2n) is 3.80. The van der Waals surface area contributed by atoms with Gasteiger partial charge in [-0.05, 0) is 19.1 Å². The lowest BCUT2D eigenvalue weighted by Crippen LogP contribution is -2.17. The molecule has 0 bridgehead atoms. The molecule has 0 heterocycles. The molecule has 5 nitrogen and oxygen atoms in total. The van der Waals surface area contributed by atoms with Crippen molar-refractivity contribution in [1.29, 1.82) is 0 Å². The van der Waals surface area contributed by atoms with Gasteiger partial charge in [-0.2, -0.15) is 0 Å². The molecule has 0 spiro atoms. The number of carbonyl (C=O) groups is 1. The van der Waals surface area contributed by atoms with Crippen LogP contribution in [0, 0.1) is 0 Å². The minimum Gasteiger partial charge on any atom is -0.493 e. The van der Waals surface area contributed by atoms with Crippen molar-refractivity contribution in [3.63, 3.8) is 0 Å². The quantitative estimate of drug-likeness (QED) is 0.814. The molecule has 0 fully saturated rings. The van der Waals surface area contributed by atoms with Gasteiger partial charge < -0.3 is 19.3 Å². The zero-order valence-electron chi connectivity index (χ0n) is 11.4. The van der Waals surface area contributed by atoms with Gasteiger partial charge in [0.05, 0.1) is 20.8 Å². The molecule has 0 amide bonds. The second-order valence-corrected chi connectivity index (χ2v) is 3.80. The summed E-state index contributed by atoms with van der Waals surface area (Å²) in [6.45, 7) is 1.63. The van der Waals surface area contributed by atoms with Crippen molar-refractivity contribution in [1.82, 2.24) is 0 Å². The van der Waals surface area contributed by atoms with E-state index in [2.05, 4.69) is 4.74 Å². The van der Waals surface area contributed by atoms with Gasteiger partial charge in [0, 0.05) is 11.1 Å². The first-order valence-corrected chi connectivity index (χ1v) is 5.84.